The summed E-state index contributed by atoms with van der Waals surface area (Å²) in [6.07, 6.45) is 1.76. The molecule has 19 heavy (non-hydrogen) atoms. The van der Waals surface area contributed by atoms with Crippen LogP contribution in [0.1, 0.15) is 25.1 Å². The Balaban J connectivity index is 2.08. The molecule has 102 valence electrons. The first-order valence-electron chi connectivity index (χ1n) is 6.41. The van der Waals surface area contributed by atoms with Gasteiger partial charge in [0, 0.05) is 38.0 Å². The molecule has 0 amide bonds. The number of hydrogen-bond donors (Lipinski definition) is 1. The Morgan fingerprint density at radius 1 is 1.37 bits per heavy atom. The van der Waals surface area contributed by atoms with Gasteiger partial charge in [0.25, 0.3) is 0 Å². The van der Waals surface area contributed by atoms with E-state index < -0.39 is 0 Å². The molecule has 5 nitrogen and oxygen atoms in total. The Morgan fingerprint density at radius 3 is 2.79 bits per heavy atom. The summed E-state index contributed by atoms with van der Waals surface area (Å²) in [6, 6.07) is 6.27. The Bertz CT molecular complexity index is 548. The van der Waals surface area contributed by atoms with Gasteiger partial charge in [-0.1, -0.05) is 13.8 Å². The Hall–Kier alpha value is -1.88. The first kappa shape index (κ1) is 13.5. The smallest absolute Gasteiger partial charge is 0.221 e. The van der Waals surface area contributed by atoms with Crippen LogP contribution in [0.4, 0.5) is 0 Å². The van der Waals surface area contributed by atoms with Crippen molar-refractivity contribution in [2.24, 2.45) is 7.05 Å². The zero-order valence-electron chi connectivity index (χ0n) is 11.8. The zero-order chi connectivity index (χ0) is 13.8. The van der Waals surface area contributed by atoms with Crippen LogP contribution in [0.25, 0.3) is 0 Å². The van der Waals surface area contributed by atoms with E-state index in [1.54, 1.807) is 10.9 Å². The third-order valence-corrected chi connectivity index (χ3v) is 2.68. The highest BCUT2D eigenvalue weighted by Crippen LogP contribution is 2.20. The highest BCUT2D eigenvalue weighted by atomic mass is 16.5. The monoisotopic (exact) mass is 260 g/mol. The van der Waals surface area contributed by atoms with Crippen molar-refractivity contribution in [3.8, 4) is 11.8 Å². The molecule has 5 heteroatoms. The molecule has 0 aromatic carbocycles. The van der Waals surface area contributed by atoms with E-state index in [9.17, 15) is 0 Å². The molecular weight excluding hydrogens is 240 g/mol. The summed E-state index contributed by atoms with van der Waals surface area (Å²) in [6.45, 7) is 6.98. The molecule has 0 saturated carbocycles. The van der Waals surface area contributed by atoms with Gasteiger partial charge < -0.3 is 10.1 Å². The van der Waals surface area contributed by atoms with Crippen molar-refractivity contribution in [2.75, 3.05) is 0 Å². The maximum Gasteiger partial charge on any atom is 0.221 e. The second-order valence-corrected chi connectivity index (χ2v) is 4.89. The molecule has 0 saturated heterocycles. The molecular formula is C14H20N4O. The standard InChI is InChI=1S/C14H20N4O/c1-10(2)16-9-12-5-6-15-13(8-12)19-14-7-11(3)17-18(14)4/h5-8,10,16H,9H2,1-4H3. The maximum atomic E-state index is 5.74. The summed E-state index contributed by atoms with van der Waals surface area (Å²) in [5.41, 5.74) is 2.08. The van der Waals surface area contributed by atoms with Crippen LogP contribution in [-0.2, 0) is 13.6 Å². The number of nitrogens with zero attached hydrogens (tertiary/aromatic N) is 3. The van der Waals surface area contributed by atoms with Crippen LogP contribution in [0.5, 0.6) is 11.8 Å². The molecule has 0 aliphatic heterocycles. The normalized spacial score (nSPS) is 11.0. The average Bonchev–Trinajstić information content (AvgIpc) is 2.66. The van der Waals surface area contributed by atoms with Crippen molar-refractivity contribution >= 4 is 0 Å². The van der Waals surface area contributed by atoms with E-state index in [2.05, 4.69) is 29.2 Å². The third kappa shape index (κ3) is 3.79. The van der Waals surface area contributed by atoms with Gasteiger partial charge in [0.2, 0.25) is 11.8 Å². The zero-order valence-corrected chi connectivity index (χ0v) is 11.8. The first-order valence-corrected chi connectivity index (χ1v) is 6.41. The Kier molecular flexibility index (Phi) is 4.16. The van der Waals surface area contributed by atoms with E-state index in [0.717, 1.165) is 17.8 Å². The fourth-order valence-corrected chi connectivity index (χ4v) is 1.73. The minimum atomic E-state index is 0.456. The first-order chi connectivity index (χ1) is 9.04. The predicted molar refractivity (Wildman–Crippen MR) is 74.2 cm³/mol. The number of ether oxygens (including phenoxy) is 1. The van der Waals surface area contributed by atoms with Crippen molar-refractivity contribution in [1.29, 1.82) is 0 Å². The van der Waals surface area contributed by atoms with Crippen LogP contribution >= 0.6 is 0 Å². The molecule has 2 heterocycles. The highest BCUT2D eigenvalue weighted by molar-refractivity contribution is 5.25. The molecule has 1 N–H and O–H groups in total. The van der Waals surface area contributed by atoms with Crippen molar-refractivity contribution < 1.29 is 4.74 Å². The summed E-state index contributed by atoms with van der Waals surface area (Å²) in [5.74, 6) is 1.28. The molecule has 2 aromatic heterocycles. The summed E-state index contributed by atoms with van der Waals surface area (Å²) in [4.78, 5) is 4.22. The summed E-state index contributed by atoms with van der Waals surface area (Å²) in [5, 5.41) is 7.61. The fourth-order valence-electron chi connectivity index (χ4n) is 1.73. The second kappa shape index (κ2) is 5.84. The number of hydrogen-bond acceptors (Lipinski definition) is 4. The molecule has 0 atom stereocenters. The number of rotatable bonds is 5. The van der Waals surface area contributed by atoms with E-state index >= 15 is 0 Å². The van der Waals surface area contributed by atoms with Gasteiger partial charge in [0.1, 0.15) is 0 Å². The van der Waals surface area contributed by atoms with Crippen molar-refractivity contribution in [2.45, 2.75) is 33.4 Å². The topological polar surface area (TPSA) is 52.0 Å². The minimum absolute atomic E-state index is 0.456. The molecule has 2 aromatic rings. The van der Waals surface area contributed by atoms with Gasteiger partial charge in [0.15, 0.2) is 0 Å². The molecule has 0 spiro atoms. The lowest BCUT2D eigenvalue weighted by Gasteiger charge is -2.09. The minimum Gasteiger partial charge on any atom is -0.421 e. The average molecular weight is 260 g/mol. The number of nitrogens with one attached hydrogen (secondary N) is 1. The maximum absolute atomic E-state index is 5.74. The van der Waals surface area contributed by atoms with Crippen LogP contribution in [0.3, 0.4) is 0 Å². The van der Waals surface area contributed by atoms with Gasteiger partial charge in [-0.3, -0.25) is 0 Å². The van der Waals surface area contributed by atoms with Gasteiger partial charge >= 0.3 is 0 Å². The Morgan fingerprint density at radius 2 is 2.16 bits per heavy atom. The molecule has 0 unspecified atom stereocenters. The fraction of sp³-hybridized carbons (Fsp3) is 0.429. The third-order valence-electron chi connectivity index (χ3n) is 2.68. The quantitative estimate of drug-likeness (QED) is 0.897. The predicted octanol–water partition coefficient (Wildman–Crippen LogP) is 2.41. The Labute approximate surface area is 113 Å². The summed E-state index contributed by atoms with van der Waals surface area (Å²) in [7, 11) is 1.85. The van der Waals surface area contributed by atoms with E-state index in [-0.39, 0.29) is 0 Å². The summed E-state index contributed by atoms with van der Waals surface area (Å²) >= 11 is 0. The van der Waals surface area contributed by atoms with E-state index in [1.165, 1.54) is 0 Å². The number of aryl methyl sites for hydroxylation is 2. The van der Waals surface area contributed by atoms with Crippen LogP contribution in [0.2, 0.25) is 0 Å². The van der Waals surface area contributed by atoms with Crippen LogP contribution in [-0.4, -0.2) is 20.8 Å². The van der Waals surface area contributed by atoms with Gasteiger partial charge in [-0.2, -0.15) is 5.10 Å². The van der Waals surface area contributed by atoms with Crippen molar-refractivity contribution in [3.63, 3.8) is 0 Å². The van der Waals surface area contributed by atoms with Crippen molar-refractivity contribution in [3.05, 3.63) is 35.7 Å². The molecule has 0 aliphatic carbocycles. The van der Waals surface area contributed by atoms with E-state index in [1.807, 2.05) is 32.2 Å². The largest absolute Gasteiger partial charge is 0.421 e. The van der Waals surface area contributed by atoms with Gasteiger partial charge in [-0.05, 0) is 18.6 Å². The molecule has 0 bridgehead atoms. The molecule has 2 rings (SSSR count). The van der Waals surface area contributed by atoms with Crippen LogP contribution in [0, 0.1) is 6.92 Å². The lowest BCUT2D eigenvalue weighted by molar-refractivity contribution is 0.414. The lowest BCUT2D eigenvalue weighted by Crippen LogP contribution is -2.21. The molecule has 0 fully saturated rings. The van der Waals surface area contributed by atoms with Gasteiger partial charge in [0.05, 0.1) is 5.69 Å². The lowest BCUT2D eigenvalue weighted by atomic mass is 10.2. The second-order valence-electron chi connectivity index (χ2n) is 4.89. The SMILES string of the molecule is Cc1cc(Oc2cc(CNC(C)C)ccn2)n(C)n1. The molecule has 0 radical (unpaired) electrons. The van der Waals surface area contributed by atoms with Gasteiger partial charge in [-0.15, -0.1) is 0 Å². The van der Waals surface area contributed by atoms with E-state index in [4.69, 9.17) is 4.74 Å². The number of aromatic nitrogens is 3. The molecule has 0 aliphatic rings. The van der Waals surface area contributed by atoms with Crippen LogP contribution < -0.4 is 10.1 Å². The van der Waals surface area contributed by atoms with Crippen LogP contribution in [0.15, 0.2) is 24.4 Å². The van der Waals surface area contributed by atoms with Gasteiger partial charge in [-0.25, -0.2) is 9.67 Å². The van der Waals surface area contributed by atoms with Crippen molar-refractivity contribution in [1.82, 2.24) is 20.1 Å². The van der Waals surface area contributed by atoms with E-state index in [0.29, 0.717) is 17.8 Å². The highest BCUT2D eigenvalue weighted by Gasteiger charge is 2.06. The number of pyridine rings is 1. The summed E-state index contributed by atoms with van der Waals surface area (Å²) < 4.78 is 7.44.